The van der Waals surface area contributed by atoms with E-state index in [1.165, 1.54) is 5.56 Å². The van der Waals surface area contributed by atoms with E-state index in [4.69, 9.17) is 4.74 Å². The first-order valence-corrected chi connectivity index (χ1v) is 4.71. The summed E-state index contributed by atoms with van der Waals surface area (Å²) in [6.07, 6.45) is 4.63. The normalized spacial score (nSPS) is 27.5. The molecule has 0 amide bonds. The van der Waals surface area contributed by atoms with Gasteiger partial charge in [0.15, 0.2) is 0 Å². The second kappa shape index (κ2) is 3.75. The molecule has 0 aromatic heterocycles. The van der Waals surface area contributed by atoms with Crippen molar-refractivity contribution in [3.05, 3.63) is 48.0 Å². The second-order valence-corrected chi connectivity index (χ2v) is 3.40. The quantitative estimate of drug-likeness (QED) is 0.595. The summed E-state index contributed by atoms with van der Waals surface area (Å²) in [4.78, 5) is 0. The molecule has 0 unspecified atom stereocenters. The van der Waals surface area contributed by atoms with E-state index >= 15 is 0 Å². The highest BCUT2D eigenvalue weighted by atomic mass is 16.5. The molecule has 1 aliphatic heterocycles. The van der Waals surface area contributed by atoms with Crippen molar-refractivity contribution >= 4 is 0 Å². The Labute approximate surface area is 79.0 Å². The van der Waals surface area contributed by atoms with Gasteiger partial charge in [0.1, 0.15) is 0 Å². The SMILES string of the molecule is C[C@@H]1OCC=C[C@@H]1c1ccccc1. The number of hydrogen-bond donors (Lipinski definition) is 0. The Balaban J connectivity index is 2.25. The van der Waals surface area contributed by atoms with E-state index in [0.717, 1.165) is 6.61 Å². The van der Waals surface area contributed by atoms with Crippen LogP contribution in [0.2, 0.25) is 0 Å². The van der Waals surface area contributed by atoms with Crippen LogP contribution in [0.4, 0.5) is 0 Å². The van der Waals surface area contributed by atoms with Crippen LogP contribution in [0, 0.1) is 0 Å². The molecule has 1 aromatic rings. The van der Waals surface area contributed by atoms with Crippen molar-refractivity contribution < 1.29 is 4.74 Å². The number of hydrogen-bond acceptors (Lipinski definition) is 1. The molecule has 68 valence electrons. The summed E-state index contributed by atoms with van der Waals surface area (Å²) in [7, 11) is 0. The molecule has 0 fully saturated rings. The van der Waals surface area contributed by atoms with Crippen LogP contribution in [0.15, 0.2) is 42.5 Å². The summed E-state index contributed by atoms with van der Waals surface area (Å²) in [5, 5.41) is 0. The third kappa shape index (κ3) is 1.81. The molecule has 1 heteroatoms. The van der Waals surface area contributed by atoms with Gasteiger partial charge in [0.2, 0.25) is 0 Å². The lowest BCUT2D eigenvalue weighted by Crippen LogP contribution is -2.21. The van der Waals surface area contributed by atoms with E-state index in [1.54, 1.807) is 0 Å². The zero-order chi connectivity index (χ0) is 9.10. The fourth-order valence-corrected chi connectivity index (χ4v) is 1.73. The Morgan fingerprint density at radius 2 is 2.00 bits per heavy atom. The molecule has 2 rings (SSSR count). The third-order valence-corrected chi connectivity index (χ3v) is 2.49. The zero-order valence-corrected chi connectivity index (χ0v) is 7.81. The Kier molecular flexibility index (Phi) is 2.46. The van der Waals surface area contributed by atoms with Crippen molar-refractivity contribution in [2.75, 3.05) is 6.61 Å². The molecule has 1 aliphatic rings. The van der Waals surface area contributed by atoms with Crippen LogP contribution in [0.1, 0.15) is 18.4 Å². The highest BCUT2D eigenvalue weighted by molar-refractivity contribution is 5.26. The summed E-state index contributed by atoms with van der Waals surface area (Å²) >= 11 is 0. The van der Waals surface area contributed by atoms with Gasteiger partial charge in [-0.25, -0.2) is 0 Å². The van der Waals surface area contributed by atoms with E-state index in [1.807, 2.05) is 6.07 Å². The van der Waals surface area contributed by atoms with Crippen LogP contribution in [0.25, 0.3) is 0 Å². The summed E-state index contributed by atoms with van der Waals surface area (Å²) in [5.41, 5.74) is 1.34. The summed E-state index contributed by atoms with van der Waals surface area (Å²) < 4.78 is 5.56. The fourth-order valence-electron chi connectivity index (χ4n) is 1.73. The van der Waals surface area contributed by atoms with E-state index < -0.39 is 0 Å². The molecular weight excluding hydrogens is 160 g/mol. The summed E-state index contributed by atoms with van der Waals surface area (Å²) in [6, 6.07) is 10.5. The first-order valence-electron chi connectivity index (χ1n) is 4.71. The van der Waals surface area contributed by atoms with Crippen molar-refractivity contribution in [1.29, 1.82) is 0 Å². The number of rotatable bonds is 1. The Hall–Kier alpha value is -1.08. The molecule has 1 heterocycles. The van der Waals surface area contributed by atoms with E-state index in [9.17, 15) is 0 Å². The van der Waals surface area contributed by atoms with E-state index in [0.29, 0.717) is 12.0 Å². The number of benzene rings is 1. The average Bonchev–Trinajstić information content (AvgIpc) is 2.20. The van der Waals surface area contributed by atoms with Gasteiger partial charge < -0.3 is 4.74 Å². The molecule has 0 bridgehead atoms. The fraction of sp³-hybridized carbons (Fsp3) is 0.333. The average molecular weight is 174 g/mol. The highest BCUT2D eigenvalue weighted by Crippen LogP contribution is 2.25. The third-order valence-electron chi connectivity index (χ3n) is 2.49. The van der Waals surface area contributed by atoms with Gasteiger partial charge >= 0.3 is 0 Å². The molecule has 1 nitrogen and oxygen atoms in total. The maximum atomic E-state index is 5.56. The molecule has 0 N–H and O–H groups in total. The molecule has 0 radical (unpaired) electrons. The Morgan fingerprint density at radius 1 is 1.23 bits per heavy atom. The van der Waals surface area contributed by atoms with Crippen LogP contribution in [-0.4, -0.2) is 12.7 Å². The minimum absolute atomic E-state index is 0.299. The maximum Gasteiger partial charge on any atom is 0.0654 e. The van der Waals surface area contributed by atoms with Crippen LogP contribution in [0.5, 0.6) is 0 Å². The van der Waals surface area contributed by atoms with Gasteiger partial charge in [-0.1, -0.05) is 42.5 Å². The zero-order valence-electron chi connectivity index (χ0n) is 7.81. The standard InChI is InChI=1S/C12H14O/c1-10-12(8-5-9-13-10)11-6-3-2-4-7-11/h2-8,10,12H,9H2,1H3/t10-,12-/m0/s1. The largest absolute Gasteiger partial charge is 0.373 e. The Bertz CT molecular complexity index is 289. The summed E-state index contributed by atoms with van der Waals surface area (Å²) in [5.74, 6) is 0.426. The molecule has 0 aliphatic carbocycles. The van der Waals surface area contributed by atoms with Crippen LogP contribution >= 0.6 is 0 Å². The van der Waals surface area contributed by atoms with E-state index in [2.05, 4.69) is 43.3 Å². The lowest BCUT2D eigenvalue weighted by molar-refractivity contribution is 0.0683. The van der Waals surface area contributed by atoms with Crippen molar-refractivity contribution in [3.8, 4) is 0 Å². The van der Waals surface area contributed by atoms with Gasteiger partial charge in [0.05, 0.1) is 12.7 Å². The molecule has 0 saturated carbocycles. The maximum absolute atomic E-state index is 5.56. The minimum Gasteiger partial charge on any atom is -0.373 e. The van der Waals surface area contributed by atoms with Crippen molar-refractivity contribution in [3.63, 3.8) is 0 Å². The minimum atomic E-state index is 0.299. The van der Waals surface area contributed by atoms with Crippen molar-refractivity contribution in [2.45, 2.75) is 18.9 Å². The highest BCUT2D eigenvalue weighted by Gasteiger charge is 2.18. The Morgan fingerprint density at radius 3 is 2.69 bits per heavy atom. The molecule has 13 heavy (non-hydrogen) atoms. The van der Waals surface area contributed by atoms with E-state index in [-0.39, 0.29) is 0 Å². The first kappa shape index (κ1) is 8.52. The monoisotopic (exact) mass is 174 g/mol. The lowest BCUT2D eigenvalue weighted by Gasteiger charge is -2.24. The van der Waals surface area contributed by atoms with Gasteiger partial charge in [0, 0.05) is 5.92 Å². The second-order valence-electron chi connectivity index (χ2n) is 3.40. The smallest absolute Gasteiger partial charge is 0.0654 e. The van der Waals surface area contributed by atoms with Crippen LogP contribution in [0.3, 0.4) is 0 Å². The molecule has 2 atom stereocenters. The predicted molar refractivity (Wildman–Crippen MR) is 53.7 cm³/mol. The number of ether oxygens (including phenoxy) is 1. The molecule has 1 aromatic carbocycles. The van der Waals surface area contributed by atoms with Crippen molar-refractivity contribution in [2.24, 2.45) is 0 Å². The van der Waals surface area contributed by atoms with Crippen LogP contribution in [-0.2, 0) is 4.74 Å². The molecule has 0 spiro atoms. The molecule has 0 saturated heterocycles. The van der Waals surface area contributed by atoms with Gasteiger partial charge in [-0.2, -0.15) is 0 Å². The van der Waals surface area contributed by atoms with Gasteiger partial charge in [-0.3, -0.25) is 0 Å². The predicted octanol–water partition coefficient (Wildman–Crippen LogP) is 2.75. The van der Waals surface area contributed by atoms with Crippen molar-refractivity contribution in [1.82, 2.24) is 0 Å². The van der Waals surface area contributed by atoms with Crippen LogP contribution < -0.4 is 0 Å². The van der Waals surface area contributed by atoms with Gasteiger partial charge in [-0.15, -0.1) is 0 Å². The molecular formula is C12H14O. The summed E-state index contributed by atoms with van der Waals surface area (Å²) in [6.45, 7) is 2.88. The van der Waals surface area contributed by atoms with Gasteiger partial charge in [-0.05, 0) is 12.5 Å². The lowest BCUT2D eigenvalue weighted by atomic mass is 9.92. The van der Waals surface area contributed by atoms with Gasteiger partial charge in [0.25, 0.3) is 0 Å². The first-order chi connectivity index (χ1) is 6.38. The topological polar surface area (TPSA) is 9.23 Å².